The van der Waals surface area contributed by atoms with Crippen LogP contribution in [0.1, 0.15) is 57.1 Å². The molecule has 0 aliphatic carbocycles. The third-order valence-corrected chi connectivity index (χ3v) is 5.64. The van der Waals surface area contributed by atoms with Crippen LogP contribution < -0.4 is 10.1 Å². The number of hydrogen-bond donors (Lipinski definition) is 2. The minimum absolute atomic E-state index is 0.0994. The number of anilines is 1. The van der Waals surface area contributed by atoms with E-state index in [1.807, 2.05) is 35.8 Å². The van der Waals surface area contributed by atoms with Gasteiger partial charge in [0.2, 0.25) is 5.82 Å². The Morgan fingerprint density at radius 1 is 1.28 bits per heavy atom. The third-order valence-electron chi connectivity index (χ3n) is 5.64. The SMILES string of the molecule is CCC(C)(O)C#Cc1nc(NCc2ccc(OC)cc2)c2ncn(C3CCCCO3)c2n1. The Bertz CT molecular complexity index is 1120. The number of ether oxygens (including phenoxy) is 2. The van der Waals surface area contributed by atoms with Gasteiger partial charge >= 0.3 is 0 Å². The summed E-state index contributed by atoms with van der Waals surface area (Å²) in [6, 6.07) is 7.84. The van der Waals surface area contributed by atoms with E-state index in [1.165, 1.54) is 0 Å². The molecule has 2 unspecified atom stereocenters. The number of rotatable bonds is 6. The van der Waals surface area contributed by atoms with Crippen molar-refractivity contribution in [1.29, 1.82) is 0 Å². The highest BCUT2D eigenvalue weighted by molar-refractivity contribution is 5.83. The van der Waals surface area contributed by atoms with Crippen molar-refractivity contribution in [1.82, 2.24) is 19.5 Å². The summed E-state index contributed by atoms with van der Waals surface area (Å²) in [5, 5.41) is 13.7. The maximum absolute atomic E-state index is 10.3. The first-order valence-corrected chi connectivity index (χ1v) is 11.0. The molecule has 1 fully saturated rings. The maximum Gasteiger partial charge on any atom is 0.209 e. The molecule has 3 heterocycles. The Morgan fingerprint density at radius 3 is 2.78 bits per heavy atom. The van der Waals surface area contributed by atoms with E-state index in [4.69, 9.17) is 9.47 Å². The fraction of sp³-hybridized carbons (Fsp3) is 0.458. The molecule has 1 aliphatic rings. The van der Waals surface area contributed by atoms with E-state index in [2.05, 4.69) is 32.1 Å². The second-order valence-corrected chi connectivity index (χ2v) is 8.12. The highest BCUT2D eigenvalue weighted by atomic mass is 16.5. The maximum atomic E-state index is 10.3. The number of nitrogens with zero attached hydrogens (tertiary/aromatic N) is 4. The van der Waals surface area contributed by atoms with Crippen LogP contribution in [-0.2, 0) is 11.3 Å². The molecule has 1 aromatic carbocycles. The quantitative estimate of drug-likeness (QED) is 0.571. The number of imidazole rings is 1. The summed E-state index contributed by atoms with van der Waals surface area (Å²) in [4.78, 5) is 13.8. The molecule has 8 nitrogen and oxygen atoms in total. The van der Waals surface area contributed by atoms with Crippen molar-refractivity contribution >= 4 is 17.0 Å². The lowest BCUT2D eigenvalue weighted by atomic mass is 10.1. The van der Waals surface area contributed by atoms with Crippen LogP contribution in [0, 0.1) is 11.8 Å². The minimum Gasteiger partial charge on any atom is -0.497 e. The average Bonchev–Trinajstić information content (AvgIpc) is 3.26. The van der Waals surface area contributed by atoms with Crippen molar-refractivity contribution in [2.75, 3.05) is 19.0 Å². The normalized spacial score (nSPS) is 17.9. The zero-order chi connectivity index (χ0) is 22.6. The fourth-order valence-corrected chi connectivity index (χ4v) is 3.46. The van der Waals surface area contributed by atoms with E-state index in [-0.39, 0.29) is 6.23 Å². The molecular formula is C24H29N5O3. The zero-order valence-electron chi connectivity index (χ0n) is 18.8. The predicted octanol–water partition coefficient (Wildman–Crippen LogP) is 3.66. The monoisotopic (exact) mass is 435 g/mol. The Balaban J connectivity index is 1.69. The van der Waals surface area contributed by atoms with E-state index in [0.717, 1.165) is 37.2 Å². The van der Waals surface area contributed by atoms with Crippen molar-refractivity contribution in [3.05, 3.63) is 42.0 Å². The molecule has 32 heavy (non-hydrogen) atoms. The lowest BCUT2D eigenvalue weighted by Gasteiger charge is -2.23. The van der Waals surface area contributed by atoms with Crippen LogP contribution in [0.15, 0.2) is 30.6 Å². The Hall–Kier alpha value is -3.15. The van der Waals surface area contributed by atoms with E-state index in [1.54, 1.807) is 20.4 Å². The highest BCUT2D eigenvalue weighted by Gasteiger charge is 2.21. The number of aromatic nitrogens is 4. The molecule has 2 N–H and O–H groups in total. The molecular weight excluding hydrogens is 406 g/mol. The van der Waals surface area contributed by atoms with Gasteiger partial charge in [-0.25, -0.2) is 15.0 Å². The van der Waals surface area contributed by atoms with Gasteiger partial charge in [0.25, 0.3) is 0 Å². The number of nitrogens with one attached hydrogen (secondary N) is 1. The van der Waals surface area contributed by atoms with Crippen molar-refractivity contribution in [2.24, 2.45) is 0 Å². The number of hydrogen-bond acceptors (Lipinski definition) is 7. The van der Waals surface area contributed by atoms with Crippen LogP contribution in [0.25, 0.3) is 11.2 Å². The number of fused-ring (bicyclic) bond motifs is 1. The van der Waals surface area contributed by atoms with E-state index >= 15 is 0 Å². The van der Waals surface area contributed by atoms with Gasteiger partial charge in [0.1, 0.15) is 17.6 Å². The predicted molar refractivity (Wildman–Crippen MR) is 122 cm³/mol. The molecule has 8 heteroatoms. The molecule has 3 aromatic rings. The van der Waals surface area contributed by atoms with Crippen LogP contribution in [0.5, 0.6) is 5.75 Å². The van der Waals surface area contributed by atoms with Crippen LogP contribution in [0.3, 0.4) is 0 Å². The van der Waals surface area contributed by atoms with Gasteiger partial charge < -0.3 is 19.9 Å². The van der Waals surface area contributed by atoms with Crippen molar-refractivity contribution < 1.29 is 14.6 Å². The molecule has 4 rings (SSSR count). The van der Waals surface area contributed by atoms with E-state index in [0.29, 0.717) is 35.8 Å². The first-order chi connectivity index (χ1) is 15.5. The van der Waals surface area contributed by atoms with Crippen LogP contribution in [0.4, 0.5) is 5.82 Å². The van der Waals surface area contributed by atoms with Crippen molar-refractivity contribution in [3.63, 3.8) is 0 Å². The van der Waals surface area contributed by atoms with Crippen LogP contribution >= 0.6 is 0 Å². The number of aliphatic hydroxyl groups is 1. The smallest absolute Gasteiger partial charge is 0.209 e. The summed E-state index contributed by atoms with van der Waals surface area (Å²) >= 11 is 0. The molecule has 2 aromatic heterocycles. The minimum atomic E-state index is -1.10. The number of benzene rings is 1. The summed E-state index contributed by atoms with van der Waals surface area (Å²) < 4.78 is 13.1. The van der Waals surface area contributed by atoms with E-state index in [9.17, 15) is 5.11 Å². The van der Waals surface area contributed by atoms with E-state index < -0.39 is 5.60 Å². The van der Waals surface area contributed by atoms with Gasteiger partial charge in [-0.15, -0.1) is 0 Å². The second-order valence-electron chi connectivity index (χ2n) is 8.12. The molecule has 0 saturated carbocycles. The highest BCUT2D eigenvalue weighted by Crippen LogP contribution is 2.28. The fourth-order valence-electron chi connectivity index (χ4n) is 3.46. The summed E-state index contributed by atoms with van der Waals surface area (Å²) in [6.45, 7) is 4.85. The van der Waals surface area contributed by atoms with Gasteiger partial charge in [-0.2, -0.15) is 0 Å². The largest absolute Gasteiger partial charge is 0.497 e. The average molecular weight is 436 g/mol. The molecule has 0 spiro atoms. The molecule has 2 atom stereocenters. The summed E-state index contributed by atoms with van der Waals surface area (Å²) in [7, 11) is 1.65. The third kappa shape index (κ3) is 5.01. The van der Waals surface area contributed by atoms with Gasteiger partial charge in [-0.3, -0.25) is 4.57 Å². The molecule has 168 valence electrons. The van der Waals surface area contributed by atoms with Gasteiger partial charge in [0.05, 0.1) is 13.4 Å². The van der Waals surface area contributed by atoms with Crippen molar-refractivity contribution in [3.8, 4) is 17.6 Å². The topological polar surface area (TPSA) is 94.3 Å². The van der Waals surface area contributed by atoms with Gasteiger partial charge in [-0.1, -0.05) is 25.0 Å². The molecule has 1 aliphatic heterocycles. The standard InChI is InChI=1S/C24H29N5O3/c1-4-24(2,30)13-12-19-27-22(25-15-17-8-10-18(31-3)11-9-17)21-23(28-19)29(16-26-21)20-7-5-6-14-32-20/h8-11,16,20,30H,4-7,14-15H2,1-3H3,(H,25,27,28). The van der Waals surface area contributed by atoms with Gasteiger partial charge in [0.15, 0.2) is 17.0 Å². The first kappa shape index (κ1) is 22.1. The lowest BCUT2D eigenvalue weighted by Crippen LogP contribution is -2.19. The Kier molecular flexibility index (Phi) is 6.58. The number of methoxy groups -OCH3 is 1. The van der Waals surface area contributed by atoms with Gasteiger partial charge in [0, 0.05) is 13.2 Å². The zero-order valence-corrected chi connectivity index (χ0v) is 18.8. The molecule has 0 bridgehead atoms. The van der Waals surface area contributed by atoms with Crippen molar-refractivity contribution in [2.45, 2.75) is 57.9 Å². The van der Waals surface area contributed by atoms with Crippen LogP contribution in [-0.4, -0.2) is 43.9 Å². The molecule has 1 saturated heterocycles. The Labute approximate surface area is 188 Å². The lowest BCUT2D eigenvalue weighted by molar-refractivity contribution is -0.0298. The Morgan fingerprint density at radius 2 is 2.09 bits per heavy atom. The van der Waals surface area contributed by atoms with Gasteiger partial charge in [-0.05, 0) is 56.2 Å². The first-order valence-electron chi connectivity index (χ1n) is 11.0. The summed E-state index contributed by atoms with van der Waals surface area (Å²) in [6.07, 6.45) is 5.25. The molecule has 0 amide bonds. The molecule has 0 radical (unpaired) electrons. The summed E-state index contributed by atoms with van der Waals surface area (Å²) in [5.74, 6) is 7.56. The summed E-state index contributed by atoms with van der Waals surface area (Å²) in [5.41, 5.74) is 1.32. The second kappa shape index (κ2) is 9.55. The van der Waals surface area contributed by atoms with Crippen LogP contribution in [0.2, 0.25) is 0 Å².